The molecule has 3 N–H and O–H groups in total. The van der Waals surface area contributed by atoms with Gasteiger partial charge in [-0.1, -0.05) is 0 Å². The van der Waals surface area contributed by atoms with Gasteiger partial charge in [0.2, 0.25) is 0 Å². The van der Waals surface area contributed by atoms with Crippen LogP contribution in [0.25, 0.3) is 33.0 Å². The van der Waals surface area contributed by atoms with Gasteiger partial charge in [-0.15, -0.1) is 11.3 Å². The lowest BCUT2D eigenvalue weighted by molar-refractivity contribution is -0.148. The van der Waals surface area contributed by atoms with Crippen molar-refractivity contribution in [2.45, 2.75) is 38.6 Å². The standard InChI is InChI=1S/C24H24N6O2S/c1-12-2-7-18(33-12)17-8-19(29-21-14-5-3-13(4-6-14)20(21)24(31)32)30-23(28-17)16-10-26-22-15(16)9-25-11-27-22/h2,7-11,13-14,20-21H,3-6H2,1H3,(H,31,32)(H,25,26,27)(H,28,29,30). The van der Waals surface area contributed by atoms with Crippen LogP contribution >= 0.6 is 11.3 Å². The van der Waals surface area contributed by atoms with Gasteiger partial charge in [0.25, 0.3) is 0 Å². The summed E-state index contributed by atoms with van der Waals surface area (Å²) in [6.07, 6.45) is 9.26. The number of hydrogen-bond donors (Lipinski definition) is 3. The molecule has 2 unspecified atom stereocenters. The van der Waals surface area contributed by atoms with Crippen molar-refractivity contribution in [3.8, 4) is 22.0 Å². The molecule has 168 valence electrons. The normalized spacial score (nSPS) is 24.3. The number of nitrogens with one attached hydrogen (secondary N) is 2. The van der Waals surface area contributed by atoms with Crippen LogP contribution in [0.3, 0.4) is 0 Å². The Bertz CT molecular complexity index is 1340. The molecule has 3 fully saturated rings. The summed E-state index contributed by atoms with van der Waals surface area (Å²) in [6, 6.07) is 5.97. The van der Waals surface area contributed by atoms with Crippen molar-refractivity contribution >= 4 is 34.2 Å². The summed E-state index contributed by atoms with van der Waals surface area (Å²) < 4.78 is 0. The maximum Gasteiger partial charge on any atom is 0.308 e. The molecule has 0 saturated heterocycles. The van der Waals surface area contributed by atoms with Gasteiger partial charge in [-0.2, -0.15) is 0 Å². The number of thiophene rings is 1. The molecule has 4 aromatic rings. The quantitative estimate of drug-likeness (QED) is 0.393. The average Bonchev–Trinajstić information content (AvgIpc) is 3.46. The van der Waals surface area contributed by atoms with E-state index in [1.54, 1.807) is 17.5 Å². The topological polar surface area (TPSA) is 117 Å². The summed E-state index contributed by atoms with van der Waals surface area (Å²) in [7, 11) is 0. The van der Waals surface area contributed by atoms with Gasteiger partial charge in [0.05, 0.1) is 16.5 Å². The SMILES string of the molecule is Cc1ccc(-c2cc(NC3C4CCC(CC4)C3C(=O)O)nc(-c3c[nH]c4ncncc34)n2)s1. The maximum absolute atomic E-state index is 12.1. The number of hydrogen-bond acceptors (Lipinski definition) is 7. The molecule has 9 heteroatoms. The Morgan fingerprint density at radius 1 is 1.18 bits per heavy atom. The molecule has 7 rings (SSSR count). The first-order valence-electron chi connectivity index (χ1n) is 11.3. The number of aliphatic carboxylic acids is 1. The Labute approximate surface area is 194 Å². The van der Waals surface area contributed by atoms with Crippen LogP contribution in [-0.4, -0.2) is 42.0 Å². The van der Waals surface area contributed by atoms with E-state index >= 15 is 0 Å². The minimum Gasteiger partial charge on any atom is -0.481 e. The molecule has 0 amide bonds. The molecule has 0 aromatic carbocycles. The van der Waals surface area contributed by atoms with E-state index in [4.69, 9.17) is 9.97 Å². The number of aromatic nitrogens is 5. The van der Waals surface area contributed by atoms with E-state index in [0.717, 1.165) is 52.9 Å². The van der Waals surface area contributed by atoms with Crippen LogP contribution < -0.4 is 5.32 Å². The lowest BCUT2D eigenvalue weighted by Crippen LogP contribution is -2.51. The Balaban J connectivity index is 1.45. The van der Waals surface area contributed by atoms with Gasteiger partial charge < -0.3 is 15.4 Å². The first-order valence-corrected chi connectivity index (χ1v) is 12.1. The van der Waals surface area contributed by atoms with Crippen LogP contribution in [0, 0.1) is 24.7 Å². The van der Waals surface area contributed by atoms with E-state index in [0.29, 0.717) is 17.6 Å². The molecule has 3 aliphatic rings. The number of aromatic amines is 1. The fourth-order valence-corrected chi connectivity index (χ4v) is 6.40. The first-order chi connectivity index (χ1) is 16.1. The first kappa shape index (κ1) is 20.3. The summed E-state index contributed by atoms with van der Waals surface area (Å²) in [5, 5.41) is 14.4. The van der Waals surface area contributed by atoms with Crippen molar-refractivity contribution in [3.05, 3.63) is 41.8 Å². The second-order valence-electron chi connectivity index (χ2n) is 9.07. The monoisotopic (exact) mass is 460 g/mol. The van der Waals surface area contributed by atoms with Crippen LogP contribution in [-0.2, 0) is 4.79 Å². The summed E-state index contributed by atoms with van der Waals surface area (Å²) in [5.74, 6) is 0.717. The summed E-state index contributed by atoms with van der Waals surface area (Å²) in [6.45, 7) is 2.07. The molecule has 2 bridgehead atoms. The van der Waals surface area contributed by atoms with E-state index in [9.17, 15) is 9.90 Å². The largest absolute Gasteiger partial charge is 0.481 e. The highest BCUT2D eigenvalue weighted by Crippen LogP contribution is 2.46. The van der Waals surface area contributed by atoms with Gasteiger partial charge in [-0.05, 0) is 56.6 Å². The molecule has 8 nitrogen and oxygen atoms in total. The number of H-pyrrole nitrogens is 1. The third-order valence-electron chi connectivity index (χ3n) is 7.13. The van der Waals surface area contributed by atoms with Crippen molar-refractivity contribution in [1.29, 1.82) is 0 Å². The third-order valence-corrected chi connectivity index (χ3v) is 8.16. The minimum absolute atomic E-state index is 0.123. The van der Waals surface area contributed by atoms with Crippen LogP contribution in [0.5, 0.6) is 0 Å². The summed E-state index contributed by atoms with van der Waals surface area (Å²) in [5.41, 5.74) is 2.37. The fraction of sp³-hybridized carbons (Fsp3) is 0.375. The number of aryl methyl sites for hydroxylation is 1. The van der Waals surface area contributed by atoms with Crippen LogP contribution in [0.4, 0.5) is 5.82 Å². The summed E-state index contributed by atoms with van der Waals surface area (Å²) >= 11 is 1.68. The van der Waals surface area contributed by atoms with Gasteiger partial charge in [0.15, 0.2) is 5.82 Å². The lowest BCUT2D eigenvalue weighted by Gasteiger charge is -2.47. The van der Waals surface area contributed by atoms with Gasteiger partial charge in [-0.3, -0.25) is 4.79 Å². The van der Waals surface area contributed by atoms with Crippen molar-refractivity contribution < 1.29 is 9.90 Å². The average molecular weight is 461 g/mol. The van der Waals surface area contributed by atoms with Crippen molar-refractivity contribution in [2.75, 3.05) is 5.32 Å². The Kier molecular flexibility index (Phi) is 4.86. The maximum atomic E-state index is 12.1. The van der Waals surface area contributed by atoms with Crippen molar-refractivity contribution in [2.24, 2.45) is 17.8 Å². The number of carboxylic acids is 1. The Morgan fingerprint density at radius 2 is 2.00 bits per heavy atom. The van der Waals surface area contributed by atoms with Gasteiger partial charge >= 0.3 is 5.97 Å². The highest BCUT2D eigenvalue weighted by molar-refractivity contribution is 7.15. The highest BCUT2D eigenvalue weighted by Gasteiger charge is 2.47. The number of carbonyl (C=O) groups is 1. The molecule has 3 saturated carbocycles. The van der Waals surface area contributed by atoms with E-state index in [1.165, 1.54) is 11.2 Å². The fourth-order valence-electron chi connectivity index (χ4n) is 5.57. The zero-order chi connectivity index (χ0) is 22.5. The molecule has 2 atom stereocenters. The minimum atomic E-state index is -0.709. The summed E-state index contributed by atoms with van der Waals surface area (Å²) in [4.78, 5) is 35.7. The van der Waals surface area contributed by atoms with Gasteiger partial charge in [-0.25, -0.2) is 19.9 Å². The number of anilines is 1. The van der Waals surface area contributed by atoms with Gasteiger partial charge in [0, 0.05) is 40.3 Å². The van der Waals surface area contributed by atoms with Gasteiger partial charge in [0.1, 0.15) is 17.8 Å². The smallest absolute Gasteiger partial charge is 0.308 e. The molecule has 0 radical (unpaired) electrons. The number of fused-ring (bicyclic) bond motifs is 4. The molecule has 33 heavy (non-hydrogen) atoms. The second-order valence-corrected chi connectivity index (χ2v) is 10.4. The highest BCUT2D eigenvalue weighted by atomic mass is 32.1. The van der Waals surface area contributed by atoms with Crippen molar-refractivity contribution in [3.63, 3.8) is 0 Å². The number of carboxylic acid groups (broad SMARTS) is 1. The Morgan fingerprint density at radius 3 is 2.76 bits per heavy atom. The number of nitrogens with zero attached hydrogens (tertiary/aromatic N) is 4. The Hall–Kier alpha value is -3.33. The van der Waals surface area contributed by atoms with E-state index in [1.807, 2.05) is 12.3 Å². The molecule has 3 aliphatic carbocycles. The number of rotatable bonds is 5. The molecular formula is C24H24N6O2S. The van der Waals surface area contributed by atoms with E-state index < -0.39 is 5.97 Å². The van der Waals surface area contributed by atoms with Crippen LogP contribution in [0.2, 0.25) is 0 Å². The lowest BCUT2D eigenvalue weighted by atomic mass is 9.61. The molecule has 4 aromatic heterocycles. The second kappa shape index (κ2) is 7.91. The molecule has 0 spiro atoms. The molecule has 4 heterocycles. The van der Waals surface area contributed by atoms with E-state index in [2.05, 4.69) is 39.3 Å². The van der Waals surface area contributed by atoms with Crippen molar-refractivity contribution in [1.82, 2.24) is 24.9 Å². The van der Waals surface area contributed by atoms with E-state index in [-0.39, 0.29) is 17.9 Å². The predicted octanol–water partition coefficient (Wildman–Crippen LogP) is 4.75. The zero-order valence-corrected chi connectivity index (χ0v) is 19.0. The zero-order valence-electron chi connectivity index (χ0n) is 18.2. The molecule has 0 aliphatic heterocycles. The van der Waals surface area contributed by atoms with Crippen LogP contribution in [0.1, 0.15) is 30.6 Å². The molecular weight excluding hydrogens is 436 g/mol. The predicted molar refractivity (Wildman–Crippen MR) is 127 cm³/mol. The van der Waals surface area contributed by atoms with Crippen LogP contribution in [0.15, 0.2) is 36.9 Å². The third kappa shape index (κ3) is 3.56.